The summed E-state index contributed by atoms with van der Waals surface area (Å²) in [6.45, 7) is 3.47. The average Bonchev–Trinajstić information content (AvgIpc) is 2.32. The minimum absolute atomic E-state index is 0.246. The number of ether oxygens (including phenoxy) is 1. The monoisotopic (exact) mass is 171 g/mol. The molecule has 0 aromatic heterocycles. The van der Waals surface area contributed by atoms with Crippen LogP contribution in [0.2, 0.25) is 0 Å². The molecular weight excluding hydrogens is 162 g/mol. The molecule has 1 unspecified atom stereocenters. The molecule has 0 saturated carbocycles. The van der Waals surface area contributed by atoms with Crippen molar-refractivity contribution in [3.05, 3.63) is 0 Å². The zero-order valence-corrected chi connectivity index (χ0v) is 6.86. The van der Waals surface area contributed by atoms with Crippen LogP contribution in [0.4, 0.5) is 0 Å². The van der Waals surface area contributed by atoms with E-state index in [9.17, 15) is 9.59 Å². The van der Waals surface area contributed by atoms with E-state index in [1.807, 2.05) is 0 Å². The van der Waals surface area contributed by atoms with Gasteiger partial charge < -0.3 is 9.57 Å². The predicted molar refractivity (Wildman–Crippen MR) is 39.3 cm³/mol. The van der Waals surface area contributed by atoms with Crippen LogP contribution in [0, 0.1) is 5.92 Å². The van der Waals surface area contributed by atoms with Crippen molar-refractivity contribution >= 4 is 17.7 Å². The first-order chi connectivity index (χ1) is 5.66. The topological polar surface area (TPSA) is 65.0 Å². The van der Waals surface area contributed by atoms with Crippen LogP contribution < -0.4 is 0 Å². The number of rotatable bonds is 2. The molecule has 0 spiro atoms. The Labute approximate surface area is 69.3 Å². The maximum atomic E-state index is 11.1. The molecule has 66 valence electrons. The van der Waals surface area contributed by atoms with Gasteiger partial charge in [0.2, 0.25) is 0 Å². The molecular formula is C7H9NO4. The van der Waals surface area contributed by atoms with Crippen LogP contribution in [-0.4, -0.2) is 24.3 Å². The van der Waals surface area contributed by atoms with Crippen molar-refractivity contribution in [2.24, 2.45) is 11.1 Å². The first-order valence-corrected chi connectivity index (χ1v) is 3.58. The molecule has 1 rings (SSSR count). The van der Waals surface area contributed by atoms with E-state index in [4.69, 9.17) is 0 Å². The molecule has 0 amide bonds. The molecule has 1 aliphatic rings. The number of hydrogen-bond donors (Lipinski definition) is 0. The van der Waals surface area contributed by atoms with Crippen molar-refractivity contribution in [1.82, 2.24) is 0 Å². The number of carbonyl (C=O) groups is 2. The quantitative estimate of drug-likeness (QED) is 0.335. The Morgan fingerprint density at radius 2 is 2.42 bits per heavy atom. The van der Waals surface area contributed by atoms with Crippen molar-refractivity contribution < 1.29 is 19.2 Å². The highest BCUT2D eigenvalue weighted by molar-refractivity contribution is 6.18. The van der Waals surface area contributed by atoms with Crippen LogP contribution in [0.5, 0.6) is 0 Å². The molecule has 5 nitrogen and oxygen atoms in total. The molecule has 0 fully saturated rings. The van der Waals surface area contributed by atoms with Crippen molar-refractivity contribution in [2.45, 2.75) is 13.8 Å². The first-order valence-electron chi connectivity index (χ1n) is 3.58. The summed E-state index contributed by atoms with van der Waals surface area (Å²) in [6, 6.07) is 0. The van der Waals surface area contributed by atoms with Crippen molar-refractivity contribution in [3.8, 4) is 0 Å². The van der Waals surface area contributed by atoms with Gasteiger partial charge in [-0.2, -0.15) is 0 Å². The highest BCUT2D eigenvalue weighted by Crippen LogP contribution is 2.13. The van der Waals surface area contributed by atoms with Crippen LogP contribution in [0.25, 0.3) is 0 Å². The largest absolute Gasteiger partial charge is 0.465 e. The van der Waals surface area contributed by atoms with E-state index < -0.39 is 17.9 Å². The zero-order valence-electron chi connectivity index (χ0n) is 6.86. The molecule has 0 saturated heterocycles. The lowest BCUT2D eigenvalue weighted by Gasteiger charge is -2.04. The third kappa shape index (κ3) is 1.44. The van der Waals surface area contributed by atoms with E-state index in [0.717, 1.165) is 0 Å². The maximum absolute atomic E-state index is 11.1. The third-order valence-electron chi connectivity index (χ3n) is 1.46. The standard InChI is InChI=1S/C7H9NO4/c1-3-11-6(9)5-4(2)8-12-7(5)10/h5H,3H2,1-2H3. The summed E-state index contributed by atoms with van der Waals surface area (Å²) >= 11 is 0. The van der Waals surface area contributed by atoms with Gasteiger partial charge in [0.15, 0.2) is 5.92 Å². The molecule has 5 heteroatoms. The van der Waals surface area contributed by atoms with Crippen molar-refractivity contribution in [3.63, 3.8) is 0 Å². The summed E-state index contributed by atoms with van der Waals surface area (Å²) in [6.07, 6.45) is 0. The van der Waals surface area contributed by atoms with Gasteiger partial charge in [-0.05, 0) is 13.8 Å². The minimum atomic E-state index is -0.954. The highest BCUT2D eigenvalue weighted by Gasteiger charge is 2.37. The molecule has 0 aliphatic carbocycles. The van der Waals surface area contributed by atoms with E-state index in [1.54, 1.807) is 13.8 Å². The van der Waals surface area contributed by atoms with Crippen molar-refractivity contribution in [1.29, 1.82) is 0 Å². The maximum Gasteiger partial charge on any atom is 0.355 e. The van der Waals surface area contributed by atoms with E-state index in [2.05, 4.69) is 14.7 Å². The number of nitrogens with zero attached hydrogens (tertiary/aromatic N) is 1. The van der Waals surface area contributed by atoms with Gasteiger partial charge >= 0.3 is 11.9 Å². The zero-order chi connectivity index (χ0) is 9.14. The van der Waals surface area contributed by atoms with Crippen LogP contribution in [-0.2, 0) is 19.2 Å². The lowest BCUT2D eigenvalue weighted by atomic mass is 10.1. The lowest BCUT2D eigenvalue weighted by molar-refractivity contribution is -0.155. The fraction of sp³-hybridized carbons (Fsp3) is 0.571. The normalized spacial score (nSPS) is 21.7. The molecule has 0 N–H and O–H groups in total. The highest BCUT2D eigenvalue weighted by atomic mass is 16.7. The average molecular weight is 171 g/mol. The Balaban J connectivity index is 2.67. The van der Waals surface area contributed by atoms with Crippen molar-refractivity contribution in [2.75, 3.05) is 6.61 Å². The number of carbonyl (C=O) groups excluding carboxylic acids is 2. The minimum Gasteiger partial charge on any atom is -0.465 e. The Bertz CT molecular complexity index is 246. The predicted octanol–water partition coefficient (Wildman–Crippen LogP) is 0.0984. The molecule has 0 aromatic carbocycles. The summed E-state index contributed by atoms with van der Waals surface area (Å²) < 4.78 is 4.65. The second-order valence-corrected chi connectivity index (χ2v) is 2.33. The summed E-state index contributed by atoms with van der Waals surface area (Å²) in [7, 11) is 0. The fourth-order valence-electron chi connectivity index (χ4n) is 0.885. The van der Waals surface area contributed by atoms with Gasteiger partial charge in [0.05, 0.1) is 12.3 Å². The Hall–Kier alpha value is -1.39. The number of esters is 1. The van der Waals surface area contributed by atoms with Crippen LogP contribution in [0.15, 0.2) is 5.16 Å². The molecule has 1 atom stereocenters. The van der Waals surface area contributed by atoms with Gasteiger partial charge in [0.25, 0.3) is 0 Å². The van der Waals surface area contributed by atoms with Gasteiger partial charge in [-0.3, -0.25) is 4.79 Å². The second kappa shape index (κ2) is 3.34. The van der Waals surface area contributed by atoms with Crippen LogP contribution >= 0.6 is 0 Å². The molecule has 0 aromatic rings. The second-order valence-electron chi connectivity index (χ2n) is 2.33. The molecule has 1 heterocycles. The Morgan fingerprint density at radius 1 is 1.75 bits per heavy atom. The first kappa shape index (κ1) is 8.70. The van der Waals surface area contributed by atoms with E-state index in [1.165, 1.54) is 0 Å². The molecule has 1 aliphatic heterocycles. The fourth-order valence-corrected chi connectivity index (χ4v) is 0.885. The van der Waals surface area contributed by atoms with E-state index in [-0.39, 0.29) is 6.61 Å². The summed E-state index contributed by atoms with van der Waals surface area (Å²) in [5.74, 6) is -2.21. The number of oxime groups is 1. The Morgan fingerprint density at radius 3 is 2.83 bits per heavy atom. The van der Waals surface area contributed by atoms with Gasteiger partial charge in [0, 0.05) is 0 Å². The third-order valence-corrected chi connectivity index (χ3v) is 1.46. The lowest BCUT2D eigenvalue weighted by Crippen LogP contribution is -2.28. The molecule has 12 heavy (non-hydrogen) atoms. The molecule has 0 radical (unpaired) electrons. The van der Waals surface area contributed by atoms with E-state index in [0.29, 0.717) is 5.71 Å². The van der Waals surface area contributed by atoms with Gasteiger partial charge in [-0.15, -0.1) is 0 Å². The van der Waals surface area contributed by atoms with Crippen LogP contribution in [0.1, 0.15) is 13.8 Å². The SMILES string of the molecule is CCOC(=O)C1C(=O)ON=C1C. The van der Waals surface area contributed by atoms with Gasteiger partial charge in [0.1, 0.15) is 0 Å². The van der Waals surface area contributed by atoms with Crippen LogP contribution in [0.3, 0.4) is 0 Å². The van der Waals surface area contributed by atoms with Gasteiger partial charge in [-0.1, -0.05) is 5.16 Å². The smallest absolute Gasteiger partial charge is 0.355 e. The Kier molecular flexibility index (Phi) is 2.42. The summed E-state index contributed by atoms with van der Waals surface area (Å²) in [4.78, 5) is 26.2. The molecule has 0 bridgehead atoms. The summed E-state index contributed by atoms with van der Waals surface area (Å²) in [5.41, 5.74) is 0.346. The van der Waals surface area contributed by atoms with E-state index >= 15 is 0 Å². The van der Waals surface area contributed by atoms with Gasteiger partial charge in [-0.25, -0.2) is 4.79 Å². The summed E-state index contributed by atoms with van der Waals surface area (Å²) in [5, 5.41) is 3.37. The number of hydrogen-bond acceptors (Lipinski definition) is 5.